The van der Waals surface area contributed by atoms with Crippen LogP contribution in [0.25, 0.3) is 0 Å². The molecule has 1 aliphatic rings. The maximum atomic E-state index is 8.74. The first kappa shape index (κ1) is 10.8. The van der Waals surface area contributed by atoms with Crippen LogP contribution in [0, 0.1) is 17.2 Å². The van der Waals surface area contributed by atoms with Gasteiger partial charge in [-0.05, 0) is 25.3 Å². The monoisotopic (exact) mass is 202 g/mol. The van der Waals surface area contributed by atoms with E-state index in [1.165, 1.54) is 0 Å². The third kappa shape index (κ3) is 3.51. The lowest BCUT2D eigenvalue weighted by molar-refractivity contribution is 0.252. The van der Waals surface area contributed by atoms with Crippen molar-refractivity contribution in [2.75, 3.05) is 26.2 Å². The Kier molecular flexibility index (Phi) is 4.51. The number of aliphatic hydroxyl groups is 1. The van der Waals surface area contributed by atoms with Crippen molar-refractivity contribution >= 4 is 11.6 Å². The zero-order chi connectivity index (χ0) is 9.68. The minimum atomic E-state index is -0.395. The topological polar surface area (TPSA) is 47.3 Å². The quantitative estimate of drug-likeness (QED) is 0.687. The highest BCUT2D eigenvalue weighted by Gasteiger charge is 2.23. The van der Waals surface area contributed by atoms with Gasteiger partial charge < -0.3 is 10.0 Å². The van der Waals surface area contributed by atoms with Crippen molar-refractivity contribution in [2.45, 2.75) is 18.2 Å². The Labute approximate surface area is 83.9 Å². The van der Waals surface area contributed by atoms with E-state index in [0.29, 0.717) is 12.5 Å². The van der Waals surface area contributed by atoms with E-state index >= 15 is 0 Å². The van der Waals surface area contributed by atoms with Crippen LogP contribution in [0.15, 0.2) is 0 Å². The zero-order valence-electron chi connectivity index (χ0n) is 7.62. The number of alkyl halides is 1. The normalized spacial score (nSPS) is 25.8. The van der Waals surface area contributed by atoms with Gasteiger partial charge >= 0.3 is 0 Å². The van der Waals surface area contributed by atoms with E-state index in [1.54, 1.807) is 0 Å². The molecule has 0 spiro atoms. The molecule has 0 bridgehead atoms. The number of halogens is 1. The lowest BCUT2D eigenvalue weighted by atomic mass is 10.1. The van der Waals surface area contributed by atoms with Crippen LogP contribution < -0.4 is 0 Å². The van der Waals surface area contributed by atoms with Gasteiger partial charge in [0.1, 0.15) is 5.38 Å². The van der Waals surface area contributed by atoms with E-state index in [4.69, 9.17) is 22.0 Å². The summed E-state index contributed by atoms with van der Waals surface area (Å²) in [5.41, 5.74) is 0. The van der Waals surface area contributed by atoms with E-state index in [2.05, 4.69) is 4.90 Å². The molecule has 0 aliphatic carbocycles. The molecule has 0 aromatic carbocycles. The SMILES string of the molecule is N#CC(Cl)CN1CCC(CCO)C1. The molecule has 3 nitrogen and oxygen atoms in total. The van der Waals surface area contributed by atoms with Gasteiger partial charge in [0, 0.05) is 19.7 Å². The number of hydrogen-bond donors (Lipinski definition) is 1. The average molecular weight is 203 g/mol. The summed E-state index contributed by atoms with van der Waals surface area (Å²) in [5.74, 6) is 0.590. The van der Waals surface area contributed by atoms with Crippen molar-refractivity contribution in [1.29, 1.82) is 5.26 Å². The van der Waals surface area contributed by atoms with Crippen LogP contribution in [0.3, 0.4) is 0 Å². The maximum Gasteiger partial charge on any atom is 0.133 e. The average Bonchev–Trinajstić information content (AvgIpc) is 2.53. The lowest BCUT2D eigenvalue weighted by Crippen LogP contribution is -2.27. The third-order valence-electron chi connectivity index (χ3n) is 2.47. The molecule has 0 amide bonds. The van der Waals surface area contributed by atoms with E-state index in [9.17, 15) is 0 Å². The van der Waals surface area contributed by atoms with Gasteiger partial charge in [0.2, 0.25) is 0 Å². The summed E-state index contributed by atoms with van der Waals surface area (Å²) in [6.45, 7) is 2.90. The Morgan fingerprint density at radius 3 is 3.08 bits per heavy atom. The summed E-state index contributed by atoms with van der Waals surface area (Å²) < 4.78 is 0. The Morgan fingerprint density at radius 1 is 1.69 bits per heavy atom. The lowest BCUT2D eigenvalue weighted by Gasteiger charge is -2.15. The van der Waals surface area contributed by atoms with E-state index < -0.39 is 5.38 Å². The maximum absolute atomic E-state index is 8.74. The third-order valence-corrected chi connectivity index (χ3v) is 2.70. The number of nitrogens with zero attached hydrogens (tertiary/aromatic N) is 2. The van der Waals surface area contributed by atoms with Crippen LogP contribution in [-0.2, 0) is 0 Å². The Balaban J connectivity index is 2.21. The fraction of sp³-hybridized carbons (Fsp3) is 0.889. The minimum absolute atomic E-state index is 0.265. The molecule has 1 fully saturated rings. The highest BCUT2D eigenvalue weighted by molar-refractivity contribution is 6.22. The molecule has 0 radical (unpaired) electrons. The smallest absolute Gasteiger partial charge is 0.133 e. The van der Waals surface area contributed by atoms with Crippen molar-refractivity contribution in [3.05, 3.63) is 0 Å². The molecule has 0 aromatic heterocycles. The largest absolute Gasteiger partial charge is 0.396 e. The van der Waals surface area contributed by atoms with Crippen molar-refractivity contribution in [2.24, 2.45) is 5.92 Å². The summed E-state index contributed by atoms with van der Waals surface area (Å²) in [7, 11) is 0. The van der Waals surface area contributed by atoms with Crippen LogP contribution in [0.5, 0.6) is 0 Å². The highest BCUT2D eigenvalue weighted by atomic mass is 35.5. The van der Waals surface area contributed by atoms with Crippen LogP contribution in [0.1, 0.15) is 12.8 Å². The standard InChI is InChI=1S/C9H15ClN2O/c10-9(5-11)7-12-3-1-8(6-12)2-4-13/h8-9,13H,1-4,6-7H2. The molecule has 1 heterocycles. The van der Waals surface area contributed by atoms with Gasteiger partial charge in [-0.2, -0.15) is 5.26 Å². The van der Waals surface area contributed by atoms with Crippen LogP contribution in [0.4, 0.5) is 0 Å². The molecular formula is C9H15ClN2O. The Hall–Kier alpha value is -0.300. The first-order valence-corrected chi connectivity index (χ1v) is 5.06. The van der Waals surface area contributed by atoms with Gasteiger partial charge in [-0.1, -0.05) is 0 Å². The summed E-state index contributed by atoms with van der Waals surface area (Å²) in [4.78, 5) is 2.20. The van der Waals surface area contributed by atoms with Crippen LogP contribution in [0.2, 0.25) is 0 Å². The molecular weight excluding hydrogens is 188 g/mol. The number of hydrogen-bond acceptors (Lipinski definition) is 3. The highest BCUT2D eigenvalue weighted by Crippen LogP contribution is 2.19. The molecule has 13 heavy (non-hydrogen) atoms. The predicted molar refractivity (Wildman–Crippen MR) is 51.5 cm³/mol. The van der Waals surface area contributed by atoms with Crippen molar-refractivity contribution in [1.82, 2.24) is 4.90 Å². The van der Waals surface area contributed by atoms with Gasteiger partial charge in [-0.15, -0.1) is 11.6 Å². The van der Waals surface area contributed by atoms with Crippen molar-refractivity contribution < 1.29 is 5.11 Å². The number of nitriles is 1. The zero-order valence-corrected chi connectivity index (χ0v) is 8.37. The summed E-state index contributed by atoms with van der Waals surface area (Å²) in [6.07, 6.45) is 1.99. The molecule has 1 rings (SSSR count). The van der Waals surface area contributed by atoms with Gasteiger partial charge in [-0.3, -0.25) is 0 Å². The van der Waals surface area contributed by atoms with Crippen LogP contribution in [-0.4, -0.2) is 41.6 Å². The summed E-state index contributed by atoms with van der Waals surface area (Å²) in [6, 6.07) is 2.01. The number of likely N-dealkylation sites (tertiary alicyclic amines) is 1. The van der Waals surface area contributed by atoms with Crippen LogP contribution >= 0.6 is 11.6 Å². The molecule has 74 valence electrons. The fourth-order valence-electron chi connectivity index (χ4n) is 1.76. The molecule has 1 N–H and O–H groups in total. The Morgan fingerprint density at radius 2 is 2.46 bits per heavy atom. The Bertz CT molecular complexity index is 193. The molecule has 2 unspecified atom stereocenters. The second kappa shape index (κ2) is 5.43. The fourth-order valence-corrected chi connectivity index (χ4v) is 1.96. The second-order valence-electron chi connectivity index (χ2n) is 3.52. The second-order valence-corrected chi connectivity index (χ2v) is 4.05. The van der Waals surface area contributed by atoms with E-state index in [-0.39, 0.29) is 6.61 Å². The molecule has 2 atom stereocenters. The van der Waals surface area contributed by atoms with Gasteiger partial charge in [0.05, 0.1) is 6.07 Å². The van der Waals surface area contributed by atoms with Gasteiger partial charge in [-0.25, -0.2) is 0 Å². The van der Waals surface area contributed by atoms with Gasteiger partial charge in [0.15, 0.2) is 0 Å². The summed E-state index contributed by atoms with van der Waals surface area (Å²) >= 11 is 5.72. The molecule has 0 saturated carbocycles. The van der Waals surface area contributed by atoms with Gasteiger partial charge in [0.25, 0.3) is 0 Å². The molecule has 1 aliphatic heterocycles. The van der Waals surface area contributed by atoms with E-state index in [1.807, 2.05) is 6.07 Å². The first-order valence-electron chi connectivity index (χ1n) is 4.63. The molecule has 0 aromatic rings. The minimum Gasteiger partial charge on any atom is -0.396 e. The number of rotatable bonds is 4. The first-order chi connectivity index (χ1) is 6.26. The number of aliphatic hydroxyl groups excluding tert-OH is 1. The summed E-state index contributed by atoms with van der Waals surface area (Å²) in [5, 5.41) is 16.9. The predicted octanol–water partition coefficient (Wildman–Crippen LogP) is 0.822. The van der Waals surface area contributed by atoms with Crippen molar-refractivity contribution in [3.63, 3.8) is 0 Å². The molecule has 4 heteroatoms. The van der Waals surface area contributed by atoms with E-state index in [0.717, 1.165) is 25.9 Å². The molecule has 1 saturated heterocycles. The van der Waals surface area contributed by atoms with Crippen molar-refractivity contribution in [3.8, 4) is 6.07 Å².